The maximum Gasteiger partial charge on any atom is 0.307 e. The van der Waals surface area contributed by atoms with E-state index in [1.165, 1.54) is 6.42 Å². The monoisotopic (exact) mass is 168 g/mol. The molecule has 0 aromatic heterocycles. The minimum absolute atomic E-state index is 0.0359. The molecule has 0 aliphatic heterocycles. The first-order valence-corrected chi connectivity index (χ1v) is 4.84. The van der Waals surface area contributed by atoms with Crippen molar-refractivity contribution in [2.75, 3.05) is 0 Å². The van der Waals surface area contributed by atoms with Crippen LogP contribution in [0.3, 0.4) is 0 Å². The van der Waals surface area contributed by atoms with Crippen LogP contribution in [-0.4, -0.2) is 11.1 Å². The molecule has 1 N–H and O–H groups in total. The lowest BCUT2D eigenvalue weighted by Crippen LogP contribution is -2.30. The van der Waals surface area contributed by atoms with Gasteiger partial charge in [0, 0.05) is 0 Å². The fraction of sp³-hybridized carbons (Fsp3) is 0.900. The second-order valence-corrected chi connectivity index (χ2v) is 4.60. The smallest absolute Gasteiger partial charge is 0.307 e. The Morgan fingerprint density at radius 1 is 1.33 bits per heavy atom. The first-order valence-electron chi connectivity index (χ1n) is 4.84. The summed E-state index contributed by atoms with van der Waals surface area (Å²) in [6.07, 6.45) is 2.31. The standard InChI is InChI=1S/C10H16O2/c1-5-3-7-4-8(5)6(2)9(7)10(11)12/h5-9H,3-4H2,1-2H3,(H,11,12). The molecule has 5 atom stereocenters. The summed E-state index contributed by atoms with van der Waals surface area (Å²) in [5.74, 6) is 1.75. The summed E-state index contributed by atoms with van der Waals surface area (Å²) in [6, 6.07) is 0. The largest absolute Gasteiger partial charge is 0.481 e. The van der Waals surface area contributed by atoms with Crippen molar-refractivity contribution in [3.8, 4) is 0 Å². The highest BCUT2D eigenvalue weighted by Gasteiger charge is 2.51. The Balaban J connectivity index is 2.18. The van der Waals surface area contributed by atoms with Gasteiger partial charge >= 0.3 is 5.97 Å². The average Bonchev–Trinajstić information content (AvgIpc) is 2.42. The van der Waals surface area contributed by atoms with Crippen molar-refractivity contribution in [1.29, 1.82) is 0 Å². The third-order valence-corrected chi connectivity index (χ3v) is 4.02. The number of carboxylic acid groups (broad SMARTS) is 1. The first-order chi connectivity index (χ1) is 5.61. The molecule has 0 amide bonds. The van der Waals surface area contributed by atoms with Crippen molar-refractivity contribution in [1.82, 2.24) is 0 Å². The molecular weight excluding hydrogens is 152 g/mol. The van der Waals surface area contributed by atoms with Gasteiger partial charge in [-0.1, -0.05) is 13.8 Å². The van der Waals surface area contributed by atoms with Crippen molar-refractivity contribution in [3.63, 3.8) is 0 Å². The molecule has 0 saturated heterocycles. The van der Waals surface area contributed by atoms with E-state index in [0.29, 0.717) is 17.8 Å². The van der Waals surface area contributed by atoms with Crippen molar-refractivity contribution in [2.45, 2.75) is 26.7 Å². The van der Waals surface area contributed by atoms with E-state index in [0.717, 1.165) is 12.3 Å². The van der Waals surface area contributed by atoms with Crippen LogP contribution < -0.4 is 0 Å². The molecule has 2 saturated carbocycles. The number of carbonyl (C=O) groups is 1. The Kier molecular flexibility index (Phi) is 1.67. The number of hydrogen-bond acceptors (Lipinski definition) is 1. The second kappa shape index (κ2) is 2.48. The molecule has 2 nitrogen and oxygen atoms in total. The zero-order valence-corrected chi connectivity index (χ0v) is 7.66. The fourth-order valence-electron chi connectivity index (χ4n) is 3.48. The van der Waals surface area contributed by atoms with Crippen molar-refractivity contribution in [2.24, 2.45) is 29.6 Å². The normalized spacial score (nSPS) is 51.3. The van der Waals surface area contributed by atoms with Crippen molar-refractivity contribution < 1.29 is 9.90 Å². The van der Waals surface area contributed by atoms with E-state index >= 15 is 0 Å². The highest BCUT2D eigenvalue weighted by atomic mass is 16.4. The van der Waals surface area contributed by atoms with Crippen LogP contribution in [0.15, 0.2) is 0 Å². The van der Waals surface area contributed by atoms with Gasteiger partial charge in [-0.15, -0.1) is 0 Å². The summed E-state index contributed by atoms with van der Waals surface area (Å²) in [6.45, 7) is 4.37. The number of hydrogen-bond donors (Lipinski definition) is 1. The topological polar surface area (TPSA) is 37.3 Å². The Morgan fingerprint density at radius 2 is 2.00 bits per heavy atom. The predicted octanol–water partition coefficient (Wildman–Crippen LogP) is 2.00. The molecule has 0 spiro atoms. The van der Waals surface area contributed by atoms with Crippen molar-refractivity contribution in [3.05, 3.63) is 0 Å². The number of carboxylic acids is 1. The van der Waals surface area contributed by atoms with Gasteiger partial charge in [-0.25, -0.2) is 0 Å². The lowest BCUT2D eigenvalue weighted by atomic mass is 9.76. The summed E-state index contributed by atoms with van der Waals surface area (Å²) in [4.78, 5) is 10.9. The van der Waals surface area contributed by atoms with E-state index < -0.39 is 5.97 Å². The zero-order valence-electron chi connectivity index (χ0n) is 7.66. The van der Waals surface area contributed by atoms with Crippen molar-refractivity contribution >= 4 is 5.97 Å². The molecule has 2 aliphatic carbocycles. The maximum atomic E-state index is 10.9. The van der Waals surface area contributed by atoms with Crippen LogP contribution in [-0.2, 0) is 4.79 Å². The van der Waals surface area contributed by atoms with Crippen LogP contribution >= 0.6 is 0 Å². The van der Waals surface area contributed by atoms with Gasteiger partial charge < -0.3 is 5.11 Å². The second-order valence-electron chi connectivity index (χ2n) is 4.60. The van der Waals surface area contributed by atoms with Gasteiger partial charge in [0.1, 0.15) is 0 Å². The minimum atomic E-state index is -0.568. The van der Waals surface area contributed by atoms with Crippen LogP contribution in [0.25, 0.3) is 0 Å². The van der Waals surface area contributed by atoms with Gasteiger partial charge in [0.2, 0.25) is 0 Å². The van der Waals surface area contributed by atoms with Gasteiger partial charge in [-0.05, 0) is 36.5 Å². The third kappa shape index (κ3) is 0.900. The zero-order chi connectivity index (χ0) is 8.88. The highest BCUT2D eigenvalue weighted by molar-refractivity contribution is 5.71. The van der Waals surface area contributed by atoms with Crippen LogP contribution in [0, 0.1) is 29.6 Å². The molecule has 0 heterocycles. The van der Waals surface area contributed by atoms with E-state index in [1.54, 1.807) is 0 Å². The van der Waals surface area contributed by atoms with Gasteiger partial charge in [0.05, 0.1) is 5.92 Å². The van der Waals surface area contributed by atoms with Gasteiger partial charge in [0.25, 0.3) is 0 Å². The summed E-state index contributed by atoms with van der Waals surface area (Å²) in [5, 5.41) is 8.99. The summed E-state index contributed by atoms with van der Waals surface area (Å²) in [5.41, 5.74) is 0. The van der Waals surface area contributed by atoms with Crippen LogP contribution in [0.4, 0.5) is 0 Å². The third-order valence-electron chi connectivity index (χ3n) is 4.02. The molecular formula is C10H16O2. The summed E-state index contributed by atoms with van der Waals surface area (Å²) in [7, 11) is 0. The Hall–Kier alpha value is -0.530. The molecule has 68 valence electrons. The Labute approximate surface area is 73.0 Å². The molecule has 2 bridgehead atoms. The Bertz CT molecular complexity index is 210. The van der Waals surface area contributed by atoms with E-state index in [1.807, 2.05) is 0 Å². The molecule has 0 aromatic rings. The van der Waals surface area contributed by atoms with E-state index in [4.69, 9.17) is 5.11 Å². The van der Waals surface area contributed by atoms with E-state index in [2.05, 4.69) is 13.8 Å². The molecule has 2 aliphatic rings. The summed E-state index contributed by atoms with van der Waals surface area (Å²) >= 11 is 0. The van der Waals surface area contributed by atoms with Gasteiger partial charge in [-0.3, -0.25) is 4.79 Å². The number of rotatable bonds is 1. The molecule has 0 radical (unpaired) electrons. The highest BCUT2D eigenvalue weighted by Crippen LogP contribution is 2.54. The molecule has 12 heavy (non-hydrogen) atoms. The lowest BCUT2D eigenvalue weighted by Gasteiger charge is -2.29. The maximum absolute atomic E-state index is 10.9. The average molecular weight is 168 g/mol. The van der Waals surface area contributed by atoms with E-state index in [-0.39, 0.29) is 5.92 Å². The van der Waals surface area contributed by atoms with Crippen LogP contribution in [0.1, 0.15) is 26.7 Å². The number of fused-ring (bicyclic) bond motifs is 2. The van der Waals surface area contributed by atoms with Crippen LogP contribution in [0.2, 0.25) is 0 Å². The quantitative estimate of drug-likeness (QED) is 0.650. The fourth-order valence-corrected chi connectivity index (χ4v) is 3.48. The minimum Gasteiger partial charge on any atom is -0.481 e. The van der Waals surface area contributed by atoms with E-state index in [9.17, 15) is 4.79 Å². The lowest BCUT2D eigenvalue weighted by molar-refractivity contribution is -0.145. The van der Waals surface area contributed by atoms with Crippen LogP contribution in [0.5, 0.6) is 0 Å². The SMILES string of the molecule is CC1CC2CC1C(C)C2C(=O)O. The molecule has 0 aromatic carbocycles. The summed E-state index contributed by atoms with van der Waals surface area (Å²) < 4.78 is 0. The molecule has 2 rings (SSSR count). The molecule has 5 unspecified atom stereocenters. The number of aliphatic carboxylic acids is 1. The Morgan fingerprint density at radius 3 is 2.42 bits per heavy atom. The predicted molar refractivity (Wildman–Crippen MR) is 45.7 cm³/mol. The van der Waals surface area contributed by atoms with Gasteiger partial charge in [0.15, 0.2) is 0 Å². The first kappa shape index (κ1) is 8.09. The molecule has 2 heteroatoms. The molecule has 2 fully saturated rings. The van der Waals surface area contributed by atoms with Gasteiger partial charge in [-0.2, -0.15) is 0 Å².